The summed E-state index contributed by atoms with van der Waals surface area (Å²) in [6.07, 6.45) is -0.693. The molecular formula is C11H15NO6. The Morgan fingerprint density at radius 2 is 2.06 bits per heavy atom. The molecule has 100 valence electrons. The molecule has 0 unspecified atom stereocenters. The van der Waals surface area contributed by atoms with Crippen molar-refractivity contribution in [3.63, 3.8) is 0 Å². The van der Waals surface area contributed by atoms with Gasteiger partial charge >= 0.3 is 5.97 Å². The molecule has 0 aromatic rings. The largest absolute Gasteiger partial charge is 0.478 e. The number of amides is 1. The lowest BCUT2D eigenvalue weighted by molar-refractivity contribution is -0.131. The predicted octanol–water partition coefficient (Wildman–Crippen LogP) is -1.84. The Balaban J connectivity index is 3.17. The maximum atomic E-state index is 11.0. The van der Waals surface area contributed by atoms with Gasteiger partial charge in [-0.25, -0.2) is 4.79 Å². The first-order chi connectivity index (χ1) is 8.36. The van der Waals surface area contributed by atoms with E-state index in [4.69, 9.17) is 10.2 Å². The average Bonchev–Trinajstić information content (AvgIpc) is 2.27. The molecule has 0 heterocycles. The van der Waals surface area contributed by atoms with E-state index in [9.17, 15) is 19.8 Å². The lowest BCUT2D eigenvalue weighted by Crippen LogP contribution is -2.52. The third-order valence-corrected chi connectivity index (χ3v) is 2.59. The van der Waals surface area contributed by atoms with E-state index in [1.165, 1.54) is 13.0 Å². The summed E-state index contributed by atoms with van der Waals surface area (Å²) in [5.41, 5.74) is 0.205. The molecule has 0 bridgehead atoms. The summed E-state index contributed by atoms with van der Waals surface area (Å²) in [5, 5.41) is 39.5. The molecule has 0 saturated heterocycles. The summed E-state index contributed by atoms with van der Waals surface area (Å²) in [4.78, 5) is 21.7. The standard InChI is InChI=1S/C11H15NO6/c1-5(14)12-9-6(3-8(15)16)2-7(4-13)10(17)11(9)18/h2-3,9-11,13,17-18H,4H2,1H3,(H,12,14)(H,15,16)/b6-3-/t9-,10+,11+/m0/s1. The number of nitrogens with one attached hydrogen (secondary N) is 1. The van der Waals surface area contributed by atoms with Crippen LogP contribution in [-0.4, -0.2) is 57.2 Å². The molecular weight excluding hydrogens is 242 g/mol. The highest BCUT2D eigenvalue weighted by Crippen LogP contribution is 2.24. The predicted molar refractivity (Wildman–Crippen MR) is 60.5 cm³/mol. The minimum Gasteiger partial charge on any atom is -0.478 e. The summed E-state index contributed by atoms with van der Waals surface area (Å²) in [7, 11) is 0. The van der Waals surface area contributed by atoms with Gasteiger partial charge in [-0.3, -0.25) is 4.79 Å². The Bertz CT molecular complexity index is 414. The number of rotatable bonds is 3. The van der Waals surface area contributed by atoms with Crippen molar-refractivity contribution in [3.8, 4) is 0 Å². The molecule has 0 aromatic heterocycles. The Morgan fingerprint density at radius 3 is 2.50 bits per heavy atom. The number of carboxylic acids is 1. The molecule has 1 rings (SSSR count). The van der Waals surface area contributed by atoms with Gasteiger partial charge in [0.25, 0.3) is 0 Å². The second kappa shape index (κ2) is 5.76. The van der Waals surface area contributed by atoms with E-state index in [0.717, 1.165) is 6.08 Å². The number of hydrogen-bond donors (Lipinski definition) is 5. The maximum absolute atomic E-state index is 11.0. The van der Waals surface area contributed by atoms with Crippen molar-refractivity contribution < 1.29 is 30.0 Å². The van der Waals surface area contributed by atoms with Gasteiger partial charge in [-0.1, -0.05) is 6.08 Å². The van der Waals surface area contributed by atoms with Gasteiger partial charge in [0.1, 0.15) is 12.2 Å². The van der Waals surface area contributed by atoms with E-state index < -0.39 is 36.7 Å². The fraction of sp³-hybridized carbons (Fsp3) is 0.455. The molecule has 5 N–H and O–H groups in total. The number of aliphatic hydroxyl groups is 3. The third-order valence-electron chi connectivity index (χ3n) is 2.59. The summed E-state index contributed by atoms with van der Waals surface area (Å²) in [6, 6.07) is -1.02. The van der Waals surface area contributed by atoms with Crippen LogP contribution in [0.1, 0.15) is 6.92 Å². The average molecular weight is 257 g/mol. The van der Waals surface area contributed by atoms with E-state index in [1.54, 1.807) is 0 Å². The number of carbonyl (C=O) groups excluding carboxylic acids is 1. The van der Waals surface area contributed by atoms with Crippen molar-refractivity contribution in [1.29, 1.82) is 0 Å². The second-order valence-corrected chi connectivity index (χ2v) is 3.97. The van der Waals surface area contributed by atoms with Crippen LogP contribution in [0.3, 0.4) is 0 Å². The molecule has 0 fully saturated rings. The smallest absolute Gasteiger partial charge is 0.328 e. The first-order valence-electron chi connectivity index (χ1n) is 5.26. The Hall–Kier alpha value is -1.70. The number of hydrogen-bond acceptors (Lipinski definition) is 5. The van der Waals surface area contributed by atoms with Crippen LogP contribution >= 0.6 is 0 Å². The van der Waals surface area contributed by atoms with E-state index in [0.29, 0.717) is 0 Å². The Kier molecular flexibility index (Phi) is 4.60. The topological polar surface area (TPSA) is 127 Å². The van der Waals surface area contributed by atoms with Crippen LogP contribution in [0.25, 0.3) is 0 Å². The lowest BCUT2D eigenvalue weighted by Gasteiger charge is -2.33. The minimum atomic E-state index is -1.41. The minimum absolute atomic E-state index is 0.0941. The highest BCUT2D eigenvalue weighted by Gasteiger charge is 2.35. The van der Waals surface area contributed by atoms with Crippen LogP contribution in [0.15, 0.2) is 23.3 Å². The van der Waals surface area contributed by atoms with E-state index in [-0.39, 0.29) is 11.1 Å². The SMILES string of the molecule is CC(=O)N[C@H]1/C(=C\C(=O)O)C=C(CO)[C@@H](O)[C@@H]1O. The van der Waals surface area contributed by atoms with E-state index in [2.05, 4.69) is 5.32 Å². The maximum Gasteiger partial charge on any atom is 0.328 e. The number of aliphatic carboxylic acids is 1. The fourth-order valence-corrected chi connectivity index (χ4v) is 1.79. The van der Waals surface area contributed by atoms with Crippen LogP contribution in [0.2, 0.25) is 0 Å². The van der Waals surface area contributed by atoms with Crippen molar-refractivity contribution in [2.24, 2.45) is 0 Å². The molecule has 3 atom stereocenters. The van der Waals surface area contributed by atoms with Gasteiger partial charge in [0, 0.05) is 13.0 Å². The van der Waals surface area contributed by atoms with Gasteiger partial charge in [-0.15, -0.1) is 0 Å². The van der Waals surface area contributed by atoms with Crippen molar-refractivity contribution in [2.45, 2.75) is 25.2 Å². The van der Waals surface area contributed by atoms with E-state index in [1.807, 2.05) is 0 Å². The molecule has 0 spiro atoms. The highest BCUT2D eigenvalue weighted by atomic mass is 16.4. The monoisotopic (exact) mass is 257 g/mol. The quantitative estimate of drug-likeness (QED) is 0.378. The molecule has 0 saturated carbocycles. The summed E-state index contributed by atoms with van der Waals surface area (Å²) in [6.45, 7) is 0.699. The molecule has 0 aromatic carbocycles. The van der Waals surface area contributed by atoms with Crippen LogP contribution in [0, 0.1) is 0 Å². The molecule has 18 heavy (non-hydrogen) atoms. The Morgan fingerprint density at radius 1 is 1.44 bits per heavy atom. The molecule has 1 aliphatic rings. The first kappa shape index (κ1) is 14.4. The van der Waals surface area contributed by atoms with Crippen LogP contribution in [-0.2, 0) is 9.59 Å². The lowest BCUT2D eigenvalue weighted by atomic mass is 9.86. The van der Waals surface area contributed by atoms with Crippen LogP contribution in [0.5, 0.6) is 0 Å². The highest BCUT2D eigenvalue weighted by molar-refractivity contribution is 5.82. The molecule has 0 aliphatic heterocycles. The summed E-state index contributed by atoms with van der Waals surface area (Å²) < 4.78 is 0. The van der Waals surface area contributed by atoms with Gasteiger partial charge in [0.15, 0.2) is 0 Å². The van der Waals surface area contributed by atoms with Crippen molar-refractivity contribution >= 4 is 11.9 Å². The van der Waals surface area contributed by atoms with Crippen molar-refractivity contribution in [2.75, 3.05) is 6.61 Å². The van der Waals surface area contributed by atoms with Crippen LogP contribution < -0.4 is 5.32 Å². The number of carbonyl (C=O) groups is 2. The molecule has 0 radical (unpaired) electrons. The zero-order valence-electron chi connectivity index (χ0n) is 9.70. The summed E-state index contributed by atoms with van der Waals surface area (Å²) in [5.74, 6) is -1.72. The van der Waals surface area contributed by atoms with Gasteiger partial charge in [0.2, 0.25) is 5.91 Å². The molecule has 1 aliphatic carbocycles. The van der Waals surface area contributed by atoms with Crippen molar-refractivity contribution in [3.05, 3.63) is 23.3 Å². The van der Waals surface area contributed by atoms with Gasteiger partial charge < -0.3 is 25.7 Å². The van der Waals surface area contributed by atoms with Gasteiger partial charge in [0.05, 0.1) is 12.6 Å². The molecule has 1 amide bonds. The zero-order valence-corrected chi connectivity index (χ0v) is 9.70. The zero-order chi connectivity index (χ0) is 13.9. The second-order valence-electron chi connectivity index (χ2n) is 3.97. The summed E-state index contributed by atoms with van der Waals surface area (Å²) >= 11 is 0. The Labute approximate surface area is 103 Å². The first-order valence-corrected chi connectivity index (χ1v) is 5.26. The third kappa shape index (κ3) is 3.16. The normalized spacial score (nSPS) is 29.9. The van der Waals surface area contributed by atoms with Gasteiger partial charge in [-0.05, 0) is 11.1 Å². The van der Waals surface area contributed by atoms with E-state index >= 15 is 0 Å². The fourth-order valence-electron chi connectivity index (χ4n) is 1.79. The van der Waals surface area contributed by atoms with Gasteiger partial charge in [-0.2, -0.15) is 0 Å². The van der Waals surface area contributed by atoms with Crippen LogP contribution in [0.4, 0.5) is 0 Å². The number of aliphatic hydroxyl groups excluding tert-OH is 3. The number of carboxylic acid groups (broad SMARTS) is 1. The van der Waals surface area contributed by atoms with Crippen molar-refractivity contribution in [1.82, 2.24) is 5.32 Å². The molecule has 7 nitrogen and oxygen atoms in total. The molecule has 7 heteroatoms.